The maximum Gasteiger partial charge on any atom is 0.0181 e. The minimum Gasteiger partial charge on any atom is -0.311 e. The van der Waals surface area contributed by atoms with Crippen LogP contribution in [0.2, 0.25) is 0 Å². The molecule has 1 nitrogen and oxygen atoms in total. The smallest absolute Gasteiger partial charge is 0.0181 e. The van der Waals surface area contributed by atoms with Gasteiger partial charge in [0.05, 0.1) is 0 Å². The van der Waals surface area contributed by atoms with Crippen molar-refractivity contribution in [2.24, 2.45) is 0 Å². The van der Waals surface area contributed by atoms with Gasteiger partial charge < -0.3 is 5.32 Å². The second kappa shape index (κ2) is 8.11. The van der Waals surface area contributed by atoms with Crippen LogP contribution in [0.15, 0.2) is 0 Å². The van der Waals surface area contributed by atoms with Gasteiger partial charge in [-0.3, -0.25) is 0 Å². The van der Waals surface area contributed by atoms with E-state index in [9.17, 15) is 0 Å². The van der Waals surface area contributed by atoms with E-state index in [1.807, 2.05) is 0 Å². The zero-order valence-corrected chi connectivity index (χ0v) is 11.5. The normalized spacial score (nSPS) is 25.1. The SMILES string of the molecule is CCCCCCCCC1(CCC)CCCN1. The summed E-state index contributed by atoms with van der Waals surface area (Å²) < 4.78 is 0. The molecule has 96 valence electrons. The van der Waals surface area contributed by atoms with Crippen LogP contribution in [0.4, 0.5) is 0 Å². The van der Waals surface area contributed by atoms with E-state index in [1.165, 1.54) is 77.2 Å². The predicted octanol–water partition coefficient (Wildman–Crippen LogP) is 4.66. The average molecular weight is 225 g/mol. The first-order chi connectivity index (χ1) is 7.83. The van der Waals surface area contributed by atoms with Gasteiger partial charge in [0.15, 0.2) is 0 Å². The molecule has 0 aliphatic carbocycles. The monoisotopic (exact) mass is 225 g/mol. The van der Waals surface area contributed by atoms with Crippen molar-refractivity contribution >= 4 is 0 Å². The Balaban J connectivity index is 2.08. The summed E-state index contributed by atoms with van der Waals surface area (Å²) in [5.74, 6) is 0. The molecule has 1 fully saturated rings. The lowest BCUT2D eigenvalue weighted by atomic mass is 9.86. The van der Waals surface area contributed by atoms with Crippen molar-refractivity contribution in [1.29, 1.82) is 0 Å². The Kier molecular flexibility index (Phi) is 7.11. The Morgan fingerprint density at radius 1 is 0.875 bits per heavy atom. The molecule has 1 aliphatic heterocycles. The Hall–Kier alpha value is -0.0400. The molecule has 1 rings (SSSR count). The highest BCUT2D eigenvalue weighted by Crippen LogP contribution is 2.30. The van der Waals surface area contributed by atoms with E-state index >= 15 is 0 Å². The Labute approximate surface area is 102 Å². The fourth-order valence-corrected chi connectivity index (χ4v) is 3.14. The Morgan fingerprint density at radius 3 is 2.25 bits per heavy atom. The third-order valence-corrected chi connectivity index (χ3v) is 4.07. The van der Waals surface area contributed by atoms with Gasteiger partial charge in [-0.2, -0.15) is 0 Å². The van der Waals surface area contributed by atoms with Crippen LogP contribution in [0.25, 0.3) is 0 Å². The zero-order chi connectivity index (χ0) is 11.7. The van der Waals surface area contributed by atoms with Crippen LogP contribution < -0.4 is 5.32 Å². The largest absolute Gasteiger partial charge is 0.311 e. The summed E-state index contributed by atoms with van der Waals surface area (Å²) in [4.78, 5) is 0. The number of rotatable bonds is 9. The summed E-state index contributed by atoms with van der Waals surface area (Å²) in [6.07, 6.45) is 15.6. The first-order valence-electron chi connectivity index (χ1n) is 7.58. The topological polar surface area (TPSA) is 12.0 Å². The molecule has 1 aliphatic rings. The molecule has 0 aromatic heterocycles. The van der Waals surface area contributed by atoms with E-state index in [2.05, 4.69) is 19.2 Å². The zero-order valence-electron chi connectivity index (χ0n) is 11.5. The van der Waals surface area contributed by atoms with Crippen LogP contribution in [0.1, 0.15) is 84.5 Å². The van der Waals surface area contributed by atoms with E-state index in [-0.39, 0.29) is 0 Å². The van der Waals surface area contributed by atoms with Crippen molar-refractivity contribution in [1.82, 2.24) is 5.32 Å². The quantitative estimate of drug-likeness (QED) is 0.563. The average Bonchev–Trinajstić information content (AvgIpc) is 2.73. The molecule has 16 heavy (non-hydrogen) atoms. The van der Waals surface area contributed by atoms with Gasteiger partial charge in [-0.15, -0.1) is 0 Å². The van der Waals surface area contributed by atoms with E-state index in [0.29, 0.717) is 5.54 Å². The molecule has 0 aromatic carbocycles. The fourth-order valence-electron chi connectivity index (χ4n) is 3.14. The highest BCUT2D eigenvalue weighted by molar-refractivity contribution is 4.92. The van der Waals surface area contributed by atoms with Crippen LogP contribution in [-0.2, 0) is 0 Å². The molecule has 1 N–H and O–H groups in total. The summed E-state index contributed by atoms with van der Waals surface area (Å²) >= 11 is 0. The molecule has 0 saturated carbocycles. The highest BCUT2D eigenvalue weighted by Gasteiger charge is 2.31. The molecule has 0 amide bonds. The summed E-state index contributed by atoms with van der Waals surface area (Å²) in [7, 11) is 0. The predicted molar refractivity (Wildman–Crippen MR) is 72.9 cm³/mol. The van der Waals surface area contributed by atoms with Gasteiger partial charge in [-0.05, 0) is 32.2 Å². The van der Waals surface area contributed by atoms with E-state index in [1.54, 1.807) is 0 Å². The van der Waals surface area contributed by atoms with Crippen molar-refractivity contribution in [3.8, 4) is 0 Å². The molecule has 1 heterocycles. The summed E-state index contributed by atoms with van der Waals surface area (Å²) in [5, 5.41) is 3.77. The van der Waals surface area contributed by atoms with Crippen molar-refractivity contribution < 1.29 is 0 Å². The summed E-state index contributed by atoms with van der Waals surface area (Å²) in [6.45, 7) is 5.87. The van der Waals surface area contributed by atoms with Crippen molar-refractivity contribution in [3.63, 3.8) is 0 Å². The second-order valence-corrected chi connectivity index (χ2v) is 5.58. The standard InChI is InChI=1S/C15H31N/c1-3-5-6-7-8-9-12-15(11-4-2)13-10-14-16-15/h16H,3-14H2,1-2H3. The van der Waals surface area contributed by atoms with Crippen LogP contribution >= 0.6 is 0 Å². The highest BCUT2D eigenvalue weighted by atomic mass is 15.0. The van der Waals surface area contributed by atoms with Crippen molar-refractivity contribution in [2.75, 3.05) is 6.54 Å². The van der Waals surface area contributed by atoms with Gasteiger partial charge >= 0.3 is 0 Å². The molecular formula is C15H31N. The minimum atomic E-state index is 0.541. The molecule has 0 bridgehead atoms. The van der Waals surface area contributed by atoms with Gasteiger partial charge in [0, 0.05) is 5.54 Å². The molecule has 1 unspecified atom stereocenters. The van der Waals surface area contributed by atoms with Crippen molar-refractivity contribution in [2.45, 2.75) is 90.0 Å². The van der Waals surface area contributed by atoms with Crippen molar-refractivity contribution in [3.05, 3.63) is 0 Å². The Bertz CT molecular complexity index is 159. The number of nitrogens with one attached hydrogen (secondary N) is 1. The van der Waals surface area contributed by atoms with Gasteiger partial charge in [0.25, 0.3) is 0 Å². The van der Waals surface area contributed by atoms with Gasteiger partial charge in [0.1, 0.15) is 0 Å². The lowest BCUT2D eigenvalue weighted by Gasteiger charge is -2.29. The van der Waals surface area contributed by atoms with Gasteiger partial charge in [-0.25, -0.2) is 0 Å². The van der Waals surface area contributed by atoms with Gasteiger partial charge in [-0.1, -0.05) is 58.8 Å². The molecule has 1 saturated heterocycles. The molecule has 1 heteroatoms. The molecule has 0 spiro atoms. The van der Waals surface area contributed by atoms with Crippen LogP contribution in [-0.4, -0.2) is 12.1 Å². The van der Waals surface area contributed by atoms with Gasteiger partial charge in [0.2, 0.25) is 0 Å². The summed E-state index contributed by atoms with van der Waals surface area (Å²) in [6, 6.07) is 0. The Morgan fingerprint density at radius 2 is 1.62 bits per heavy atom. The fraction of sp³-hybridized carbons (Fsp3) is 1.00. The number of unbranched alkanes of at least 4 members (excludes halogenated alkanes) is 5. The summed E-state index contributed by atoms with van der Waals surface area (Å²) in [5.41, 5.74) is 0.541. The molecule has 0 aromatic rings. The van der Waals surface area contributed by atoms with E-state index < -0.39 is 0 Å². The van der Waals surface area contributed by atoms with E-state index in [0.717, 1.165) is 0 Å². The minimum absolute atomic E-state index is 0.541. The maximum atomic E-state index is 3.77. The van der Waals surface area contributed by atoms with Crippen LogP contribution in [0.5, 0.6) is 0 Å². The number of hydrogen-bond acceptors (Lipinski definition) is 1. The third kappa shape index (κ3) is 4.86. The maximum absolute atomic E-state index is 3.77. The lowest BCUT2D eigenvalue weighted by Crippen LogP contribution is -2.39. The van der Waals surface area contributed by atoms with E-state index in [4.69, 9.17) is 0 Å². The molecule has 1 atom stereocenters. The number of hydrogen-bond donors (Lipinski definition) is 1. The second-order valence-electron chi connectivity index (χ2n) is 5.58. The molecular weight excluding hydrogens is 194 g/mol. The first-order valence-corrected chi connectivity index (χ1v) is 7.58. The van der Waals surface area contributed by atoms with Crippen LogP contribution in [0, 0.1) is 0 Å². The van der Waals surface area contributed by atoms with Crippen LogP contribution in [0.3, 0.4) is 0 Å². The molecule has 0 radical (unpaired) electrons. The lowest BCUT2D eigenvalue weighted by molar-refractivity contribution is 0.307. The third-order valence-electron chi connectivity index (χ3n) is 4.07. The first kappa shape index (κ1) is 14.0.